The quantitative estimate of drug-likeness (QED) is 0.349. The number of likely N-dealkylation sites (tertiary alicyclic amines) is 1. The molecule has 1 amide bonds. The summed E-state index contributed by atoms with van der Waals surface area (Å²) in [5.41, 5.74) is 7.38. The number of nitrogens with two attached hydrogens (primary N) is 1. The first kappa shape index (κ1) is 31.8. The number of aliphatic imine (C=N–C) groups is 3. The Kier molecular flexibility index (Phi) is 11.4. The Labute approximate surface area is 252 Å². The Balaban J connectivity index is 0.00000207. The molecule has 5 rings (SSSR count). The largest absolute Gasteiger partial charge is 0.487 e. The van der Waals surface area contributed by atoms with Gasteiger partial charge in [-0.25, -0.2) is 15.0 Å². The minimum atomic E-state index is -0.530. The fourth-order valence-corrected chi connectivity index (χ4v) is 5.30. The van der Waals surface area contributed by atoms with Gasteiger partial charge in [0.05, 0.1) is 37.1 Å². The van der Waals surface area contributed by atoms with Crippen molar-refractivity contribution in [1.82, 2.24) is 9.80 Å². The lowest BCUT2D eigenvalue weighted by Gasteiger charge is -2.43. The van der Waals surface area contributed by atoms with E-state index >= 15 is 0 Å². The van der Waals surface area contributed by atoms with Gasteiger partial charge >= 0.3 is 0 Å². The average Bonchev–Trinajstić information content (AvgIpc) is 3.39. The van der Waals surface area contributed by atoms with Crippen LogP contribution in [0.5, 0.6) is 5.75 Å². The van der Waals surface area contributed by atoms with E-state index in [2.05, 4.69) is 55.4 Å². The molecule has 3 fully saturated rings. The van der Waals surface area contributed by atoms with Gasteiger partial charge in [-0.15, -0.1) is 0 Å². The van der Waals surface area contributed by atoms with Crippen molar-refractivity contribution in [3.63, 3.8) is 0 Å². The van der Waals surface area contributed by atoms with Gasteiger partial charge in [0.1, 0.15) is 30.9 Å². The predicted molar refractivity (Wildman–Crippen MR) is 168 cm³/mol. The van der Waals surface area contributed by atoms with Crippen LogP contribution >= 0.6 is 0 Å². The van der Waals surface area contributed by atoms with E-state index in [-0.39, 0.29) is 17.9 Å². The number of aliphatic hydroxyl groups is 1. The zero-order chi connectivity index (χ0) is 30.8. The van der Waals surface area contributed by atoms with Crippen LogP contribution in [-0.4, -0.2) is 118 Å². The van der Waals surface area contributed by atoms with E-state index in [1.807, 2.05) is 19.1 Å². The molecule has 228 valence electrons. The number of carbonyl (C=O) groups is 1. The Morgan fingerprint density at radius 2 is 1.88 bits per heavy atom. The minimum absolute atomic E-state index is 0.0617. The van der Waals surface area contributed by atoms with Crippen molar-refractivity contribution >= 4 is 36.2 Å². The number of ether oxygens (including phenoxy) is 2. The summed E-state index contributed by atoms with van der Waals surface area (Å²) in [6.07, 6.45) is 1.15. The number of carbonyl (C=O) groups excluding carboxylic acids is 1. The van der Waals surface area contributed by atoms with Gasteiger partial charge in [0.25, 0.3) is 0 Å². The number of benzene rings is 2. The van der Waals surface area contributed by atoms with Gasteiger partial charge in [0.15, 0.2) is 5.84 Å². The summed E-state index contributed by atoms with van der Waals surface area (Å²) in [4.78, 5) is 31.2. The number of amides is 1. The number of hydrogen-bond acceptors (Lipinski definition) is 9. The molecule has 0 unspecified atom stereocenters. The molecular weight excluding hydrogens is 548 g/mol. The number of piperazine rings is 1. The van der Waals surface area contributed by atoms with E-state index in [1.54, 1.807) is 23.1 Å². The molecule has 3 saturated heterocycles. The van der Waals surface area contributed by atoms with Gasteiger partial charge in [0.2, 0.25) is 5.91 Å². The van der Waals surface area contributed by atoms with E-state index in [1.165, 1.54) is 19.1 Å². The summed E-state index contributed by atoms with van der Waals surface area (Å²) in [7, 11) is 1.50. The van der Waals surface area contributed by atoms with Crippen LogP contribution in [-0.2, 0) is 9.53 Å². The number of nitriles is 1. The van der Waals surface area contributed by atoms with E-state index in [0.29, 0.717) is 41.8 Å². The van der Waals surface area contributed by atoms with Crippen LogP contribution in [0.1, 0.15) is 18.1 Å². The molecule has 3 aliphatic rings. The van der Waals surface area contributed by atoms with E-state index in [4.69, 9.17) is 14.6 Å². The number of anilines is 1. The molecule has 43 heavy (non-hydrogen) atoms. The van der Waals surface area contributed by atoms with Crippen LogP contribution in [0.15, 0.2) is 57.4 Å². The predicted octanol–water partition coefficient (Wildman–Crippen LogP) is 1.68. The van der Waals surface area contributed by atoms with Gasteiger partial charge < -0.3 is 30.1 Å². The van der Waals surface area contributed by atoms with Gasteiger partial charge in [-0.1, -0.05) is 6.92 Å². The monoisotopic (exact) mass is 588 g/mol. The molecule has 12 heteroatoms. The lowest BCUT2D eigenvalue weighted by atomic mass is 10.1. The molecule has 0 spiro atoms. The molecule has 3 N–H and O–H groups in total. The lowest BCUT2D eigenvalue weighted by Crippen LogP contribution is -2.56. The van der Waals surface area contributed by atoms with Crippen molar-refractivity contribution in [1.29, 1.82) is 5.26 Å². The number of rotatable bonds is 8. The van der Waals surface area contributed by atoms with Crippen LogP contribution in [0.3, 0.4) is 0 Å². The van der Waals surface area contributed by atoms with Gasteiger partial charge in [-0.05, 0) is 56.2 Å². The molecular formula is C31H40N8O4. The SMILES string of the molecule is C=NC(=NC=Nc1ccc(N2CCN(C3COC3)CC2)cc1)c1ccc(O[C@H]2CN(C(=O)CO)C[C@@H]2C)c(C#N)c1.CN. The number of hydrogen-bond donors (Lipinski definition) is 2. The Bertz CT molecular complexity index is 1340. The molecule has 0 aromatic heterocycles. The molecule has 2 aromatic rings. The Hall–Kier alpha value is -4.15. The number of aliphatic hydroxyl groups excluding tert-OH is 1. The Morgan fingerprint density at radius 1 is 1.16 bits per heavy atom. The third-order valence-corrected chi connectivity index (χ3v) is 7.87. The zero-order valence-corrected chi connectivity index (χ0v) is 24.8. The summed E-state index contributed by atoms with van der Waals surface area (Å²) in [6.45, 7) is 11.7. The Morgan fingerprint density at radius 3 is 2.49 bits per heavy atom. The van der Waals surface area contributed by atoms with Crippen LogP contribution in [0.25, 0.3) is 0 Å². The van der Waals surface area contributed by atoms with Crippen molar-refractivity contribution < 1.29 is 19.4 Å². The van der Waals surface area contributed by atoms with Gasteiger partial charge in [-0.2, -0.15) is 5.26 Å². The highest BCUT2D eigenvalue weighted by Gasteiger charge is 2.34. The molecule has 2 atom stereocenters. The highest BCUT2D eigenvalue weighted by atomic mass is 16.5. The van der Waals surface area contributed by atoms with Crippen molar-refractivity contribution in [3.8, 4) is 11.8 Å². The fraction of sp³-hybridized carbons (Fsp3) is 0.452. The maximum Gasteiger partial charge on any atom is 0.248 e. The second-order valence-corrected chi connectivity index (χ2v) is 10.5. The van der Waals surface area contributed by atoms with Crippen molar-refractivity contribution in [3.05, 3.63) is 53.6 Å². The zero-order valence-electron chi connectivity index (χ0n) is 24.8. The van der Waals surface area contributed by atoms with Crippen LogP contribution in [0.4, 0.5) is 11.4 Å². The maximum absolute atomic E-state index is 11.9. The highest BCUT2D eigenvalue weighted by Crippen LogP contribution is 2.27. The normalized spacial score (nSPS) is 21.1. The lowest BCUT2D eigenvalue weighted by molar-refractivity contribution is -0.133. The van der Waals surface area contributed by atoms with Crippen LogP contribution < -0.4 is 15.4 Å². The molecule has 12 nitrogen and oxygen atoms in total. The summed E-state index contributed by atoms with van der Waals surface area (Å²) < 4.78 is 11.4. The van der Waals surface area contributed by atoms with Crippen LogP contribution in [0, 0.1) is 17.2 Å². The van der Waals surface area contributed by atoms with Gasteiger partial charge in [-0.3, -0.25) is 9.69 Å². The summed E-state index contributed by atoms with van der Waals surface area (Å²) in [5, 5.41) is 18.9. The first-order valence-electron chi connectivity index (χ1n) is 14.4. The average molecular weight is 589 g/mol. The summed E-state index contributed by atoms with van der Waals surface area (Å²) >= 11 is 0. The molecule has 0 aliphatic carbocycles. The number of amidine groups is 1. The molecule has 3 heterocycles. The third kappa shape index (κ3) is 7.82. The molecule has 3 aliphatic heterocycles. The maximum atomic E-state index is 11.9. The van der Waals surface area contributed by atoms with Crippen molar-refractivity contribution in [2.75, 3.05) is 71.0 Å². The van der Waals surface area contributed by atoms with Crippen molar-refractivity contribution in [2.24, 2.45) is 26.6 Å². The standard InChI is InChI=1S/C30H35N7O4.CH5N/c1-21-15-37(29(39)17-38)16-28(21)41-27-8-3-22(13-23(27)14-31)30(32-2)34-20-33-24-4-6-25(7-5-24)35-9-11-36(12-10-35)26-18-40-19-26;1-2/h3-8,13,20-21,26,28,38H,2,9-12,15-19H2,1H3;2H2,1H3/t21-,28-;/m0./s1. The first-order chi connectivity index (χ1) is 21.0. The first-order valence-corrected chi connectivity index (χ1v) is 14.4. The molecule has 0 saturated carbocycles. The molecule has 0 bridgehead atoms. The summed E-state index contributed by atoms with van der Waals surface area (Å²) in [6, 6.07) is 16.0. The second kappa shape index (κ2) is 15.4. The van der Waals surface area contributed by atoms with Gasteiger partial charge in [0, 0.05) is 49.9 Å². The van der Waals surface area contributed by atoms with Crippen molar-refractivity contribution in [2.45, 2.75) is 19.1 Å². The fourth-order valence-electron chi connectivity index (χ4n) is 5.30. The smallest absolute Gasteiger partial charge is 0.248 e. The second-order valence-electron chi connectivity index (χ2n) is 10.5. The number of nitrogens with zero attached hydrogens (tertiary/aromatic N) is 7. The highest BCUT2D eigenvalue weighted by molar-refractivity contribution is 6.05. The molecule has 0 radical (unpaired) electrons. The minimum Gasteiger partial charge on any atom is -0.487 e. The van der Waals surface area contributed by atoms with Crippen LogP contribution in [0.2, 0.25) is 0 Å². The van der Waals surface area contributed by atoms with E-state index in [0.717, 1.165) is 45.1 Å². The third-order valence-electron chi connectivity index (χ3n) is 7.87. The van der Waals surface area contributed by atoms with E-state index < -0.39 is 6.61 Å². The van der Waals surface area contributed by atoms with E-state index in [9.17, 15) is 10.1 Å². The topological polar surface area (TPSA) is 152 Å². The molecule has 2 aromatic carbocycles. The summed E-state index contributed by atoms with van der Waals surface area (Å²) in [5.74, 6) is 0.480.